The number of carbonyl (C=O) groups excluding carboxylic acids is 2. The number of ketones is 1. The largest absolute Gasteiger partial charge is 0.507 e. The SMILES string of the molecule is COc1ccccc1[C@H]1/C(=C(\O)c2ccccc2)C(=O)C(=O)N1c1nc2ccc(C)cc2s1. The minimum atomic E-state index is -0.886. The Kier molecular flexibility index (Phi) is 5.18. The van der Waals surface area contributed by atoms with Gasteiger partial charge in [-0.25, -0.2) is 4.98 Å². The lowest BCUT2D eigenvalue weighted by molar-refractivity contribution is -0.132. The summed E-state index contributed by atoms with van der Waals surface area (Å²) in [7, 11) is 1.53. The highest BCUT2D eigenvalue weighted by atomic mass is 32.1. The van der Waals surface area contributed by atoms with E-state index < -0.39 is 17.7 Å². The highest BCUT2D eigenvalue weighted by molar-refractivity contribution is 7.22. The fourth-order valence-corrected chi connectivity index (χ4v) is 5.18. The van der Waals surface area contributed by atoms with Gasteiger partial charge in [0.25, 0.3) is 5.78 Å². The minimum Gasteiger partial charge on any atom is -0.507 e. The molecule has 1 aliphatic heterocycles. The van der Waals surface area contributed by atoms with Crippen LogP contribution in [-0.2, 0) is 9.59 Å². The van der Waals surface area contributed by atoms with Crippen LogP contribution in [0, 0.1) is 6.92 Å². The molecule has 1 atom stereocenters. The fourth-order valence-electron chi connectivity index (χ4n) is 4.09. The van der Waals surface area contributed by atoms with Crippen LogP contribution < -0.4 is 9.64 Å². The standard InChI is InChI=1S/C26H20N2O4S/c1-15-12-13-18-20(14-15)33-26(27-18)28-22(17-10-6-7-11-19(17)32-2)21(24(30)25(28)31)23(29)16-8-4-3-5-9-16/h3-14,22,29H,1-2H3/b23-21+/t22-/m0/s1. The zero-order chi connectivity index (χ0) is 23.1. The number of para-hydroxylation sites is 1. The summed E-state index contributed by atoms with van der Waals surface area (Å²) in [5.74, 6) is -1.23. The first-order valence-corrected chi connectivity index (χ1v) is 11.2. The molecule has 0 unspecified atom stereocenters. The summed E-state index contributed by atoms with van der Waals surface area (Å²) >= 11 is 1.33. The number of anilines is 1. The lowest BCUT2D eigenvalue weighted by atomic mass is 9.95. The van der Waals surface area contributed by atoms with Crippen molar-refractivity contribution < 1.29 is 19.4 Å². The van der Waals surface area contributed by atoms with Crippen LogP contribution in [-0.4, -0.2) is 28.9 Å². The van der Waals surface area contributed by atoms with Crippen molar-refractivity contribution in [2.45, 2.75) is 13.0 Å². The van der Waals surface area contributed by atoms with Gasteiger partial charge in [0.05, 0.1) is 22.9 Å². The minimum absolute atomic E-state index is 0.00568. The normalized spacial score (nSPS) is 17.6. The van der Waals surface area contributed by atoms with Crippen LogP contribution in [0.15, 0.2) is 78.4 Å². The predicted molar refractivity (Wildman–Crippen MR) is 129 cm³/mol. The summed E-state index contributed by atoms with van der Waals surface area (Å²) in [6, 6.07) is 20.9. The Bertz CT molecular complexity index is 1420. The van der Waals surface area contributed by atoms with Crippen LogP contribution >= 0.6 is 11.3 Å². The Labute approximate surface area is 194 Å². The monoisotopic (exact) mass is 456 g/mol. The zero-order valence-corrected chi connectivity index (χ0v) is 18.8. The molecule has 6 nitrogen and oxygen atoms in total. The van der Waals surface area contributed by atoms with Crippen molar-refractivity contribution in [3.8, 4) is 5.75 Å². The fraction of sp³-hybridized carbons (Fsp3) is 0.115. The molecule has 1 aliphatic rings. The number of rotatable bonds is 4. The smallest absolute Gasteiger partial charge is 0.301 e. The highest BCUT2D eigenvalue weighted by Crippen LogP contribution is 2.46. The topological polar surface area (TPSA) is 79.7 Å². The lowest BCUT2D eigenvalue weighted by Crippen LogP contribution is -2.29. The van der Waals surface area contributed by atoms with Gasteiger partial charge < -0.3 is 9.84 Å². The number of carbonyl (C=O) groups is 2. The molecule has 0 radical (unpaired) electrons. The Balaban J connectivity index is 1.77. The molecule has 1 N–H and O–H groups in total. The van der Waals surface area contributed by atoms with Gasteiger partial charge >= 0.3 is 5.91 Å². The van der Waals surface area contributed by atoms with Crippen molar-refractivity contribution in [1.29, 1.82) is 0 Å². The van der Waals surface area contributed by atoms with E-state index >= 15 is 0 Å². The van der Waals surface area contributed by atoms with E-state index in [0.717, 1.165) is 15.8 Å². The average molecular weight is 457 g/mol. The number of aliphatic hydroxyl groups excluding tert-OH is 1. The first kappa shape index (κ1) is 20.9. The molecule has 0 aliphatic carbocycles. The van der Waals surface area contributed by atoms with Gasteiger partial charge in [0.2, 0.25) is 0 Å². The molecule has 1 amide bonds. The number of ether oxygens (including phenoxy) is 1. The Morgan fingerprint density at radius 3 is 2.52 bits per heavy atom. The van der Waals surface area contributed by atoms with Gasteiger partial charge in [-0.3, -0.25) is 14.5 Å². The maximum absolute atomic E-state index is 13.3. The maximum Gasteiger partial charge on any atom is 0.301 e. The number of fused-ring (bicyclic) bond motifs is 1. The Hall–Kier alpha value is -3.97. The van der Waals surface area contributed by atoms with Gasteiger partial charge in [0.15, 0.2) is 5.13 Å². The van der Waals surface area contributed by atoms with E-state index in [4.69, 9.17) is 4.74 Å². The average Bonchev–Trinajstić information content (AvgIpc) is 3.36. The third-order valence-corrected chi connectivity index (χ3v) is 6.68. The van der Waals surface area contributed by atoms with Crippen molar-refractivity contribution in [2.24, 2.45) is 0 Å². The summed E-state index contributed by atoms with van der Waals surface area (Å²) in [6.45, 7) is 1.99. The number of amides is 1. The molecule has 0 spiro atoms. The lowest BCUT2D eigenvalue weighted by Gasteiger charge is -2.24. The number of Topliss-reactive ketones (excluding diaryl/α,β-unsaturated/α-hetero) is 1. The third-order valence-electron chi connectivity index (χ3n) is 5.66. The van der Waals surface area contributed by atoms with Gasteiger partial charge in [-0.15, -0.1) is 0 Å². The van der Waals surface area contributed by atoms with Gasteiger partial charge in [0.1, 0.15) is 17.6 Å². The van der Waals surface area contributed by atoms with E-state index in [1.54, 1.807) is 36.4 Å². The Morgan fingerprint density at radius 2 is 1.76 bits per heavy atom. The van der Waals surface area contributed by atoms with Crippen molar-refractivity contribution in [2.75, 3.05) is 12.0 Å². The summed E-state index contributed by atoms with van der Waals surface area (Å²) in [5, 5.41) is 11.6. The molecular formula is C26H20N2O4S. The number of methoxy groups -OCH3 is 1. The molecule has 1 aromatic heterocycles. The molecule has 7 heteroatoms. The second-order valence-electron chi connectivity index (χ2n) is 7.74. The molecule has 4 aromatic rings. The van der Waals surface area contributed by atoms with Crippen molar-refractivity contribution in [1.82, 2.24) is 4.98 Å². The van der Waals surface area contributed by atoms with Gasteiger partial charge in [0, 0.05) is 11.1 Å². The van der Waals surface area contributed by atoms with Crippen LogP contribution in [0.4, 0.5) is 5.13 Å². The number of hydrogen-bond acceptors (Lipinski definition) is 6. The van der Waals surface area contributed by atoms with E-state index in [-0.39, 0.29) is 11.3 Å². The Morgan fingerprint density at radius 1 is 1.03 bits per heavy atom. The van der Waals surface area contributed by atoms with Gasteiger partial charge in [-0.2, -0.15) is 0 Å². The number of aromatic nitrogens is 1. The van der Waals surface area contributed by atoms with Gasteiger partial charge in [-0.1, -0.05) is 65.9 Å². The molecule has 5 rings (SSSR count). The summed E-state index contributed by atoms with van der Waals surface area (Å²) < 4.78 is 6.46. The first-order valence-electron chi connectivity index (χ1n) is 10.4. The van der Waals surface area contributed by atoms with Gasteiger partial charge in [-0.05, 0) is 30.7 Å². The summed E-state index contributed by atoms with van der Waals surface area (Å²) in [6.07, 6.45) is 0. The number of nitrogens with zero attached hydrogens (tertiary/aromatic N) is 2. The van der Waals surface area contributed by atoms with E-state index in [2.05, 4.69) is 4.98 Å². The van der Waals surface area contributed by atoms with Crippen molar-refractivity contribution >= 4 is 44.1 Å². The number of aryl methyl sites for hydroxylation is 1. The number of thiazole rings is 1. The third kappa shape index (κ3) is 3.47. The van der Waals surface area contributed by atoms with Crippen LogP contribution in [0.1, 0.15) is 22.7 Å². The highest BCUT2D eigenvalue weighted by Gasteiger charge is 2.49. The van der Waals surface area contributed by atoms with E-state index in [0.29, 0.717) is 22.0 Å². The van der Waals surface area contributed by atoms with Crippen LogP contribution in [0.5, 0.6) is 5.75 Å². The molecular weight excluding hydrogens is 436 g/mol. The second kappa shape index (κ2) is 8.18. The number of hydrogen-bond donors (Lipinski definition) is 1. The van der Waals surface area contributed by atoms with Crippen LogP contribution in [0.25, 0.3) is 16.0 Å². The van der Waals surface area contributed by atoms with Crippen molar-refractivity contribution in [3.05, 3.63) is 95.1 Å². The van der Waals surface area contributed by atoms with E-state index in [1.807, 2.05) is 43.3 Å². The molecule has 2 heterocycles. The van der Waals surface area contributed by atoms with E-state index in [9.17, 15) is 14.7 Å². The van der Waals surface area contributed by atoms with Crippen LogP contribution in [0.2, 0.25) is 0 Å². The number of benzene rings is 3. The van der Waals surface area contributed by atoms with Crippen LogP contribution in [0.3, 0.4) is 0 Å². The second-order valence-corrected chi connectivity index (χ2v) is 8.75. The van der Waals surface area contributed by atoms with E-state index in [1.165, 1.54) is 23.3 Å². The van der Waals surface area contributed by atoms with Crippen molar-refractivity contribution in [3.63, 3.8) is 0 Å². The maximum atomic E-state index is 13.3. The molecule has 0 saturated carbocycles. The molecule has 3 aromatic carbocycles. The molecule has 164 valence electrons. The molecule has 0 bridgehead atoms. The predicted octanol–water partition coefficient (Wildman–Crippen LogP) is 5.24. The summed E-state index contributed by atoms with van der Waals surface area (Å²) in [5.41, 5.74) is 2.86. The zero-order valence-electron chi connectivity index (χ0n) is 18.0. The first-order chi connectivity index (χ1) is 16.0. The summed E-state index contributed by atoms with van der Waals surface area (Å²) in [4.78, 5) is 32.6. The molecule has 33 heavy (non-hydrogen) atoms. The number of aliphatic hydroxyl groups is 1. The molecule has 1 saturated heterocycles. The quantitative estimate of drug-likeness (QED) is 0.258. The molecule has 1 fully saturated rings.